The number of morpholine rings is 1. The van der Waals surface area contributed by atoms with Gasteiger partial charge in [0.1, 0.15) is 5.69 Å². The van der Waals surface area contributed by atoms with Crippen molar-refractivity contribution in [3.8, 4) is 0 Å². The smallest absolute Gasteiger partial charge is 0.293 e. The van der Waals surface area contributed by atoms with E-state index in [1.165, 1.54) is 6.07 Å². The van der Waals surface area contributed by atoms with Crippen molar-refractivity contribution in [2.75, 3.05) is 36.5 Å². The molecule has 0 spiro atoms. The summed E-state index contributed by atoms with van der Waals surface area (Å²) in [6.07, 6.45) is 0.969. The fourth-order valence-corrected chi connectivity index (χ4v) is 3.67. The Balaban J connectivity index is 1.74. The van der Waals surface area contributed by atoms with Crippen LogP contribution in [0.4, 0.5) is 17.1 Å². The lowest BCUT2D eigenvalue weighted by Gasteiger charge is -2.28. The standard InChI is InChI=1S/C22H26N4O4S/c1-3-15(2)17-6-4-5-7-18(17)23-22(31)24-21(27)16-8-9-19(20(14-16)26(28)29)25-10-12-30-13-11-25/h4-9,14-15H,3,10-13H2,1-2H3,(H2,23,24,27,31). The lowest BCUT2D eigenvalue weighted by molar-refractivity contribution is -0.384. The molecule has 2 N–H and O–H groups in total. The van der Waals surface area contributed by atoms with E-state index in [1.807, 2.05) is 29.2 Å². The molecule has 164 valence electrons. The Bertz CT molecular complexity index is 976. The minimum absolute atomic E-state index is 0.115. The van der Waals surface area contributed by atoms with Crippen LogP contribution >= 0.6 is 12.2 Å². The van der Waals surface area contributed by atoms with Crippen LogP contribution in [0, 0.1) is 10.1 Å². The summed E-state index contributed by atoms with van der Waals surface area (Å²) in [5.41, 5.74) is 2.47. The number of carbonyl (C=O) groups is 1. The van der Waals surface area contributed by atoms with Crippen molar-refractivity contribution in [1.82, 2.24) is 5.32 Å². The van der Waals surface area contributed by atoms with Gasteiger partial charge in [0.15, 0.2) is 5.11 Å². The number of para-hydroxylation sites is 1. The molecule has 0 aliphatic carbocycles. The molecule has 8 nitrogen and oxygen atoms in total. The molecule has 0 aromatic heterocycles. The van der Waals surface area contributed by atoms with Gasteiger partial charge in [0.2, 0.25) is 0 Å². The first kappa shape index (κ1) is 22.6. The molecular formula is C22H26N4O4S. The summed E-state index contributed by atoms with van der Waals surface area (Å²) in [5, 5.41) is 17.4. The van der Waals surface area contributed by atoms with Gasteiger partial charge >= 0.3 is 0 Å². The Morgan fingerprint density at radius 2 is 1.97 bits per heavy atom. The number of ether oxygens (including phenoxy) is 1. The highest BCUT2D eigenvalue weighted by atomic mass is 32.1. The van der Waals surface area contributed by atoms with Crippen LogP contribution < -0.4 is 15.5 Å². The van der Waals surface area contributed by atoms with Crippen molar-refractivity contribution in [3.63, 3.8) is 0 Å². The Kier molecular flexibility index (Phi) is 7.54. The number of thiocarbonyl (C=S) groups is 1. The van der Waals surface area contributed by atoms with Crippen LogP contribution in [0.5, 0.6) is 0 Å². The fourth-order valence-electron chi connectivity index (χ4n) is 3.47. The Morgan fingerprint density at radius 1 is 1.26 bits per heavy atom. The zero-order valence-corrected chi connectivity index (χ0v) is 18.4. The Morgan fingerprint density at radius 3 is 2.65 bits per heavy atom. The molecule has 1 fully saturated rings. The summed E-state index contributed by atoms with van der Waals surface area (Å²) in [4.78, 5) is 25.7. The Labute approximate surface area is 186 Å². The number of hydrogen-bond acceptors (Lipinski definition) is 6. The number of anilines is 2. The highest BCUT2D eigenvalue weighted by molar-refractivity contribution is 7.80. The van der Waals surface area contributed by atoms with Crippen molar-refractivity contribution in [2.45, 2.75) is 26.2 Å². The second kappa shape index (κ2) is 10.3. The minimum atomic E-state index is -0.504. The average Bonchev–Trinajstić information content (AvgIpc) is 2.79. The summed E-state index contributed by atoms with van der Waals surface area (Å²) < 4.78 is 5.31. The number of nitro groups is 1. The highest BCUT2D eigenvalue weighted by Crippen LogP contribution is 2.30. The maximum Gasteiger partial charge on any atom is 0.293 e. The van der Waals surface area contributed by atoms with Crippen molar-refractivity contribution >= 4 is 40.3 Å². The quantitative estimate of drug-likeness (QED) is 0.395. The summed E-state index contributed by atoms with van der Waals surface area (Å²) in [6, 6.07) is 12.2. The molecule has 1 amide bonds. The van der Waals surface area contributed by atoms with Crippen LogP contribution in [0.2, 0.25) is 0 Å². The number of carbonyl (C=O) groups excluding carboxylic acids is 1. The van der Waals surface area contributed by atoms with Gasteiger partial charge in [-0.1, -0.05) is 32.0 Å². The molecule has 3 rings (SSSR count). The number of benzene rings is 2. The van der Waals surface area contributed by atoms with Gasteiger partial charge in [-0.2, -0.15) is 0 Å². The molecule has 2 aromatic rings. The number of nitrogens with one attached hydrogen (secondary N) is 2. The fraction of sp³-hybridized carbons (Fsp3) is 0.364. The first-order chi connectivity index (χ1) is 14.9. The van der Waals surface area contributed by atoms with Crippen LogP contribution in [0.3, 0.4) is 0 Å². The van der Waals surface area contributed by atoms with E-state index in [1.54, 1.807) is 12.1 Å². The van der Waals surface area contributed by atoms with E-state index in [-0.39, 0.29) is 16.4 Å². The molecule has 31 heavy (non-hydrogen) atoms. The summed E-state index contributed by atoms with van der Waals surface area (Å²) in [7, 11) is 0. The van der Waals surface area contributed by atoms with Gasteiger partial charge in [-0.15, -0.1) is 0 Å². The molecule has 1 unspecified atom stereocenters. The van der Waals surface area contributed by atoms with Crippen LogP contribution in [0.1, 0.15) is 42.1 Å². The molecule has 1 saturated heterocycles. The molecule has 0 bridgehead atoms. The second-order valence-corrected chi connectivity index (χ2v) is 7.77. The van der Waals surface area contributed by atoms with E-state index in [0.717, 1.165) is 17.7 Å². The summed E-state index contributed by atoms with van der Waals surface area (Å²) in [6.45, 7) is 6.38. The molecule has 9 heteroatoms. The first-order valence-electron chi connectivity index (χ1n) is 10.2. The molecular weight excluding hydrogens is 416 g/mol. The minimum Gasteiger partial charge on any atom is -0.378 e. The number of rotatable bonds is 6. The van der Waals surface area contributed by atoms with Crippen molar-refractivity contribution in [3.05, 3.63) is 63.7 Å². The average molecular weight is 443 g/mol. The number of amides is 1. The van der Waals surface area contributed by atoms with Crippen molar-refractivity contribution in [2.24, 2.45) is 0 Å². The van der Waals surface area contributed by atoms with Crippen LogP contribution in [-0.4, -0.2) is 42.2 Å². The molecule has 1 heterocycles. The highest BCUT2D eigenvalue weighted by Gasteiger charge is 2.23. The molecule has 1 atom stereocenters. The van der Waals surface area contributed by atoms with Gasteiger partial charge in [-0.25, -0.2) is 0 Å². The lowest BCUT2D eigenvalue weighted by atomic mass is 9.97. The molecule has 0 saturated carbocycles. The van der Waals surface area contributed by atoms with Gasteiger partial charge in [0.25, 0.3) is 11.6 Å². The van der Waals surface area contributed by atoms with E-state index in [4.69, 9.17) is 17.0 Å². The van der Waals surface area contributed by atoms with E-state index < -0.39 is 10.8 Å². The largest absolute Gasteiger partial charge is 0.378 e. The van der Waals surface area contributed by atoms with Crippen molar-refractivity contribution < 1.29 is 14.5 Å². The molecule has 1 aliphatic rings. The normalized spacial score (nSPS) is 14.6. The third-order valence-corrected chi connectivity index (χ3v) is 5.57. The number of hydrogen-bond donors (Lipinski definition) is 2. The van der Waals surface area contributed by atoms with Gasteiger partial charge in [-0.05, 0) is 48.3 Å². The first-order valence-corrected chi connectivity index (χ1v) is 10.6. The van der Waals surface area contributed by atoms with Crippen LogP contribution in [-0.2, 0) is 4.74 Å². The summed E-state index contributed by atoms with van der Waals surface area (Å²) >= 11 is 5.31. The predicted molar refractivity (Wildman–Crippen MR) is 125 cm³/mol. The molecule has 0 radical (unpaired) electrons. The van der Waals surface area contributed by atoms with Gasteiger partial charge < -0.3 is 15.0 Å². The summed E-state index contributed by atoms with van der Waals surface area (Å²) in [5.74, 6) is -0.173. The van der Waals surface area contributed by atoms with E-state index >= 15 is 0 Å². The predicted octanol–water partition coefficient (Wildman–Crippen LogP) is 4.07. The zero-order valence-electron chi connectivity index (χ0n) is 17.6. The van der Waals surface area contributed by atoms with Crippen LogP contribution in [0.15, 0.2) is 42.5 Å². The number of nitro benzene ring substituents is 1. The monoisotopic (exact) mass is 442 g/mol. The SMILES string of the molecule is CCC(C)c1ccccc1NC(=S)NC(=O)c1ccc(N2CCOCC2)c([N+](=O)[O-])c1. The Hall–Kier alpha value is -3.04. The second-order valence-electron chi connectivity index (χ2n) is 7.36. The van der Waals surface area contributed by atoms with Gasteiger partial charge in [0, 0.05) is 30.4 Å². The molecule has 2 aromatic carbocycles. The molecule has 1 aliphatic heterocycles. The van der Waals surface area contributed by atoms with Crippen molar-refractivity contribution in [1.29, 1.82) is 0 Å². The maximum atomic E-state index is 12.7. The van der Waals surface area contributed by atoms with E-state index in [2.05, 4.69) is 24.5 Å². The van der Waals surface area contributed by atoms with Crippen LogP contribution in [0.25, 0.3) is 0 Å². The van der Waals surface area contributed by atoms with Gasteiger partial charge in [-0.3, -0.25) is 20.2 Å². The topological polar surface area (TPSA) is 96.7 Å². The lowest BCUT2D eigenvalue weighted by Crippen LogP contribution is -2.37. The van der Waals surface area contributed by atoms with Gasteiger partial charge in [0.05, 0.1) is 18.1 Å². The third-order valence-electron chi connectivity index (χ3n) is 5.37. The zero-order chi connectivity index (χ0) is 22.4. The third kappa shape index (κ3) is 5.56. The van der Waals surface area contributed by atoms with E-state index in [0.29, 0.717) is 37.9 Å². The van der Waals surface area contributed by atoms with E-state index in [9.17, 15) is 14.9 Å². The number of nitrogens with zero attached hydrogens (tertiary/aromatic N) is 2. The maximum absolute atomic E-state index is 12.7.